The van der Waals surface area contributed by atoms with Crippen LogP contribution in [0.4, 0.5) is 0 Å². The molecule has 2 rings (SSSR count). The second kappa shape index (κ2) is 12.1. The van der Waals surface area contributed by atoms with E-state index >= 15 is 0 Å². The molecule has 0 atom stereocenters. The van der Waals surface area contributed by atoms with Crippen LogP contribution in [0.3, 0.4) is 0 Å². The number of rotatable bonds is 9. The summed E-state index contributed by atoms with van der Waals surface area (Å²) in [5.41, 5.74) is 1.29. The molecule has 0 amide bonds. The van der Waals surface area contributed by atoms with Crippen molar-refractivity contribution in [2.75, 3.05) is 39.4 Å². The minimum atomic E-state index is -0.0109. The highest BCUT2D eigenvalue weighted by Crippen LogP contribution is 2.17. The number of nitriles is 1. The zero-order valence-electron chi connectivity index (χ0n) is 15.3. The number of likely N-dealkylation sites (tertiary alicyclic amines) is 1. The molecule has 1 aromatic rings. The molecule has 1 heterocycles. The van der Waals surface area contributed by atoms with Gasteiger partial charge in [0, 0.05) is 26.1 Å². The van der Waals surface area contributed by atoms with Gasteiger partial charge in [0.25, 0.3) is 0 Å². The lowest BCUT2D eigenvalue weighted by Crippen LogP contribution is -2.36. The van der Waals surface area contributed by atoms with Gasteiger partial charge in [-0.2, -0.15) is 5.26 Å². The maximum absolute atomic E-state index is 8.79. The van der Waals surface area contributed by atoms with Gasteiger partial charge in [0.15, 0.2) is 6.19 Å². The third-order valence-electron chi connectivity index (χ3n) is 4.17. The maximum atomic E-state index is 8.79. The maximum Gasteiger partial charge on any atom is 0.204 e. The molecule has 0 radical (unpaired) electrons. The Morgan fingerprint density at radius 3 is 2.92 bits per heavy atom. The predicted octanol–water partition coefficient (Wildman–Crippen LogP) is 1.45. The van der Waals surface area contributed by atoms with Crippen molar-refractivity contribution in [1.29, 1.82) is 5.26 Å². The first kappa shape index (κ1) is 20.0. The molecule has 0 saturated carbocycles. The predicted molar refractivity (Wildman–Crippen MR) is 102 cm³/mol. The molecule has 1 aromatic carbocycles. The first-order chi connectivity index (χ1) is 12.8. The Morgan fingerprint density at radius 1 is 1.31 bits per heavy atom. The molecule has 1 aliphatic heterocycles. The van der Waals surface area contributed by atoms with Crippen LogP contribution >= 0.6 is 0 Å². The largest absolute Gasteiger partial charge is 0.494 e. The number of hydrogen-bond acceptors (Lipinski definition) is 5. The summed E-state index contributed by atoms with van der Waals surface area (Å²) < 4.78 is 5.83. The van der Waals surface area contributed by atoms with Crippen molar-refractivity contribution in [1.82, 2.24) is 15.5 Å². The van der Waals surface area contributed by atoms with Gasteiger partial charge in [-0.25, -0.2) is 0 Å². The molecule has 7 heteroatoms. The zero-order valence-corrected chi connectivity index (χ0v) is 15.3. The summed E-state index contributed by atoms with van der Waals surface area (Å²) in [5, 5.41) is 22.8. The van der Waals surface area contributed by atoms with Crippen molar-refractivity contribution < 1.29 is 9.84 Å². The third-order valence-corrected chi connectivity index (χ3v) is 4.17. The average Bonchev–Trinajstić information content (AvgIpc) is 2.67. The number of guanidine groups is 1. The minimum absolute atomic E-state index is 0.0109. The molecule has 3 N–H and O–H groups in total. The van der Waals surface area contributed by atoms with E-state index in [0.717, 1.165) is 18.7 Å². The number of nitrogens with zero attached hydrogens (tertiary/aromatic N) is 3. The lowest BCUT2D eigenvalue weighted by Gasteiger charge is -2.26. The van der Waals surface area contributed by atoms with Crippen molar-refractivity contribution >= 4 is 5.96 Å². The fourth-order valence-electron chi connectivity index (χ4n) is 2.92. The summed E-state index contributed by atoms with van der Waals surface area (Å²) in [7, 11) is 0. The quantitative estimate of drug-likeness (QED) is 0.203. The molecular formula is C19H29N5O2. The topological polar surface area (TPSA) is 92.9 Å². The number of aliphatic hydroxyl groups excluding tert-OH is 1. The fraction of sp³-hybridized carbons (Fsp3) is 0.579. The van der Waals surface area contributed by atoms with Gasteiger partial charge in [0.05, 0.1) is 13.2 Å². The van der Waals surface area contributed by atoms with E-state index in [4.69, 9.17) is 15.1 Å². The Balaban J connectivity index is 1.71. The summed E-state index contributed by atoms with van der Waals surface area (Å²) in [6.07, 6.45) is 6.51. The average molecular weight is 359 g/mol. The Kier molecular flexibility index (Phi) is 9.33. The van der Waals surface area contributed by atoms with E-state index in [9.17, 15) is 0 Å². The Bertz CT molecular complexity index is 594. The molecule has 1 saturated heterocycles. The van der Waals surface area contributed by atoms with Crippen LogP contribution in [0, 0.1) is 11.5 Å². The molecule has 1 aliphatic rings. The monoisotopic (exact) mass is 359 g/mol. The van der Waals surface area contributed by atoms with Crippen LogP contribution in [-0.4, -0.2) is 55.4 Å². The summed E-state index contributed by atoms with van der Waals surface area (Å²) >= 11 is 0. The summed E-state index contributed by atoms with van der Waals surface area (Å²) in [4.78, 5) is 6.75. The molecule has 142 valence electrons. The zero-order chi connectivity index (χ0) is 18.5. The number of nitrogens with one attached hydrogen (secondary N) is 2. The lowest BCUT2D eigenvalue weighted by molar-refractivity contribution is 0.220. The van der Waals surface area contributed by atoms with E-state index in [1.165, 1.54) is 37.9 Å². The molecule has 26 heavy (non-hydrogen) atoms. The van der Waals surface area contributed by atoms with E-state index in [1.807, 2.05) is 18.3 Å². The summed E-state index contributed by atoms with van der Waals surface area (Å²) in [6, 6.07) is 8.29. The highest BCUT2D eigenvalue weighted by Gasteiger charge is 2.10. The Hall–Kier alpha value is -2.30. The summed E-state index contributed by atoms with van der Waals surface area (Å²) in [5.74, 6) is 1.27. The standard InChI is InChI=1S/C19H29N5O2/c20-16-23-19(22-9-12-25)21-8-5-13-26-18-7-4-6-17(14-18)15-24-10-2-1-3-11-24/h4,6-7,14,25H,1-3,5,8-13,15H2,(H2,21,22,23). The van der Waals surface area contributed by atoms with Gasteiger partial charge in [-0.3, -0.25) is 15.2 Å². The number of benzene rings is 1. The first-order valence-electron chi connectivity index (χ1n) is 9.30. The van der Waals surface area contributed by atoms with Gasteiger partial charge < -0.3 is 15.2 Å². The Morgan fingerprint density at radius 2 is 2.15 bits per heavy atom. The minimum Gasteiger partial charge on any atom is -0.494 e. The fourth-order valence-corrected chi connectivity index (χ4v) is 2.92. The van der Waals surface area contributed by atoms with Gasteiger partial charge in [-0.1, -0.05) is 18.6 Å². The number of hydrogen-bond donors (Lipinski definition) is 3. The van der Waals surface area contributed by atoms with Crippen molar-refractivity contribution in [3.05, 3.63) is 29.8 Å². The van der Waals surface area contributed by atoms with E-state index in [0.29, 0.717) is 25.7 Å². The van der Waals surface area contributed by atoms with Gasteiger partial charge in [-0.15, -0.1) is 0 Å². The molecule has 7 nitrogen and oxygen atoms in total. The number of aliphatic imine (C=N–C) groups is 1. The van der Waals surface area contributed by atoms with Crippen molar-refractivity contribution in [2.45, 2.75) is 32.2 Å². The molecule has 0 bridgehead atoms. The van der Waals surface area contributed by atoms with Crippen LogP contribution in [0.1, 0.15) is 31.2 Å². The van der Waals surface area contributed by atoms with Crippen LogP contribution in [0.2, 0.25) is 0 Å². The molecule has 0 unspecified atom stereocenters. The second-order valence-electron chi connectivity index (χ2n) is 6.30. The van der Waals surface area contributed by atoms with E-state index in [2.05, 4.69) is 32.7 Å². The molecular weight excluding hydrogens is 330 g/mol. The normalized spacial score (nSPS) is 15.3. The lowest BCUT2D eigenvalue weighted by atomic mass is 10.1. The van der Waals surface area contributed by atoms with Crippen LogP contribution in [0.25, 0.3) is 0 Å². The summed E-state index contributed by atoms with van der Waals surface area (Å²) in [6.45, 7) is 4.81. The van der Waals surface area contributed by atoms with Gasteiger partial charge in [-0.05, 0) is 43.6 Å². The molecule has 0 aliphatic carbocycles. The van der Waals surface area contributed by atoms with Crippen LogP contribution in [-0.2, 0) is 6.54 Å². The second-order valence-corrected chi connectivity index (χ2v) is 6.30. The highest BCUT2D eigenvalue weighted by atomic mass is 16.5. The van der Waals surface area contributed by atoms with Gasteiger partial charge >= 0.3 is 0 Å². The smallest absolute Gasteiger partial charge is 0.204 e. The van der Waals surface area contributed by atoms with Crippen LogP contribution in [0.15, 0.2) is 29.3 Å². The third kappa shape index (κ3) is 7.72. The highest BCUT2D eigenvalue weighted by molar-refractivity contribution is 5.81. The Labute approximate surface area is 155 Å². The van der Waals surface area contributed by atoms with Gasteiger partial charge in [0.2, 0.25) is 5.96 Å². The van der Waals surface area contributed by atoms with Crippen LogP contribution < -0.4 is 15.4 Å². The van der Waals surface area contributed by atoms with E-state index in [-0.39, 0.29) is 6.61 Å². The van der Waals surface area contributed by atoms with E-state index in [1.54, 1.807) is 0 Å². The van der Waals surface area contributed by atoms with Crippen LogP contribution in [0.5, 0.6) is 5.75 Å². The number of ether oxygens (including phenoxy) is 1. The molecule has 0 spiro atoms. The van der Waals surface area contributed by atoms with Gasteiger partial charge in [0.1, 0.15) is 5.75 Å². The molecule has 0 aromatic heterocycles. The first-order valence-corrected chi connectivity index (χ1v) is 9.30. The number of piperidine rings is 1. The van der Waals surface area contributed by atoms with Crippen molar-refractivity contribution in [3.8, 4) is 11.9 Å². The number of aliphatic hydroxyl groups is 1. The van der Waals surface area contributed by atoms with E-state index < -0.39 is 0 Å². The SMILES string of the molecule is N#CNC(=NCCCOc1cccc(CN2CCCCC2)c1)NCCO. The van der Waals surface area contributed by atoms with Crippen molar-refractivity contribution in [3.63, 3.8) is 0 Å². The van der Waals surface area contributed by atoms with Crippen molar-refractivity contribution in [2.24, 2.45) is 4.99 Å². The molecule has 1 fully saturated rings.